The zero-order valence-electron chi connectivity index (χ0n) is 10.2. The molecule has 0 saturated heterocycles. The van der Waals surface area contributed by atoms with Gasteiger partial charge in [-0.15, -0.1) is 0 Å². The molecule has 0 aliphatic rings. The summed E-state index contributed by atoms with van der Waals surface area (Å²) >= 11 is 0. The summed E-state index contributed by atoms with van der Waals surface area (Å²) in [6.45, 7) is 4.50. The van der Waals surface area contributed by atoms with E-state index in [4.69, 9.17) is 5.84 Å². The number of amides is 1. The molecule has 0 bridgehead atoms. The number of aromatic nitrogens is 1. The summed E-state index contributed by atoms with van der Waals surface area (Å²) in [5, 5.41) is 2.83. The van der Waals surface area contributed by atoms with Crippen LogP contribution >= 0.6 is 0 Å². The minimum atomic E-state index is -0.120. The molecule has 1 amide bonds. The first-order valence-electron chi connectivity index (χ1n) is 5.56. The fourth-order valence-electron chi connectivity index (χ4n) is 1.23. The van der Waals surface area contributed by atoms with Crippen molar-refractivity contribution in [3.8, 4) is 0 Å². The topological polar surface area (TPSA) is 83.3 Å². The van der Waals surface area contributed by atoms with Crippen LogP contribution in [0.25, 0.3) is 0 Å². The van der Waals surface area contributed by atoms with E-state index in [1.54, 1.807) is 12.1 Å². The average molecular weight is 237 g/mol. The van der Waals surface area contributed by atoms with Crippen LogP contribution in [0.2, 0.25) is 0 Å². The van der Waals surface area contributed by atoms with Gasteiger partial charge >= 0.3 is 0 Å². The number of hydrazine groups is 1. The van der Waals surface area contributed by atoms with Crippen LogP contribution in [-0.4, -0.2) is 42.5 Å². The SMILES string of the molecule is CCN(C)CCNC(=O)c1ccc(NN)nc1. The molecular formula is C11H19N5O. The van der Waals surface area contributed by atoms with Gasteiger partial charge in [0, 0.05) is 19.3 Å². The second kappa shape index (κ2) is 6.82. The van der Waals surface area contributed by atoms with Gasteiger partial charge in [-0.3, -0.25) is 4.79 Å². The summed E-state index contributed by atoms with van der Waals surface area (Å²) in [5.74, 6) is 5.60. The molecular weight excluding hydrogens is 218 g/mol. The predicted molar refractivity (Wildman–Crippen MR) is 67.6 cm³/mol. The maximum atomic E-state index is 11.7. The second-order valence-corrected chi connectivity index (χ2v) is 3.73. The summed E-state index contributed by atoms with van der Waals surface area (Å²) in [6.07, 6.45) is 1.49. The highest BCUT2D eigenvalue weighted by Crippen LogP contribution is 2.02. The molecule has 0 spiro atoms. The van der Waals surface area contributed by atoms with E-state index in [0.29, 0.717) is 17.9 Å². The minimum Gasteiger partial charge on any atom is -0.351 e. The normalized spacial score (nSPS) is 10.4. The van der Waals surface area contributed by atoms with Crippen molar-refractivity contribution in [3.05, 3.63) is 23.9 Å². The van der Waals surface area contributed by atoms with Crippen molar-refractivity contribution < 1.29 is 4.79 Å². The Kier molecular flexibility index (Phi) is 5.38. The molecule has 1 aromatic heterocycles. The maximum absolute atomic E-state index is 11.7. The van der Waals surface area contributed by atoms with Gasteiger partial charge in [0.2, 0.25) is 0 Å². The van der Waals surface area contributed by atoms with E-state index in [0.717, 1.165) is 13.1 Å². The fraction of sp³-hybridized carbons (Fsp3) is 0.455. The Balaban J connectivity index is 2.41. The third kappa shape index (κ3) is 4.38. The molecule has 0 unspecified atom stereocenters. The summed E-state index contributed by atoms with van der Waals surface area (Å²) < 4.78 is 0. The number of nitrogens with zero attached hydrogens (tertiary/aromatic N) is 2. The van der Waals surface area contributed by atoms with Crippen LogP contribution < -0.4 is 16.6 Å². The van der Waals surface area contributed by atoms with Crippen LogP contribution in [0.15, 0.2) is 18.3 Å². The molecule has 0 radical (unpaired) electrons. The molecule has 4 N–H and O–H groups in total. The molecule has 0 aromatic carbocycles. The summed E-state index contributed by atoms with van der Waals surface area (Å²) in [5.41, 5.74) is 2.94. The molecule has 0 saturated carbocycles. The van der Waals surface area contributed by atoms with Crippen LogP contribution in [0.3, 0.4) is 0 Å². The molecule has 1 aromatic rings. The molecule has 0 aliphatic heterocycles. The van der Waals surface area contributed by atoms with Crippen LogP contribution in [0.4, 0.5) is 5.82 Å². The molecule has 6 nitrogen and oxygen atoms in total. The van der Waals surface area contributed by atoms with Gasteiger partial charge in [0.15, 0.2) is 0 Å². The number of hydrogen-bond acceptors (Lipinski definition) is 5. The van der Waals surface area contributed by atoms with Gasteiger partial charge in [0.05, 0.1) is 5.56 Å². The number of nitrogen functional groups attached to an aromatic ring is 1. The number of nitrogens with two attached hydrogens (primary N) is 1. The molecule has 1 rings (SSSR count). The molecule has 0 fully saturated rings. The zero-order valence-corrected chi connectivity index (χ0v) is 10.2. The highest BCUT2D eigenvalue weighted by atomic mass is 16.1. The summed E-state index contributed by atoms with van der Waals surface area (Å²) in [6, 6.07) is 3.34. The van der Waals surface area contributed by atoms with E-state index in [1.165, 1.54) is 6.20 Å². The standard InChI is InChI=1S/C11H19N5O/c1-3-16(2)7-6-13-11(17)9-4-5-10(15-12)14-8-9/h4-5,8H,3,6-7,12H2,1-2H3,(H,13,17)(H,14,15). The highest BCUT2D eigenvalue weighted by molar-refractivity contribution is 5.94. The smallest absolute Gasteiger partial charge is 0.252 e. The number of anilines is 1. The van der Waals surface area contributed by atoms with Crippen LogP contribution in [0.5, 0.6) is 0 Å². The number of rotatable bonds is 6. The first-order chi connectivity index (χ1) is 8.17. The number of hydrogen-bond donors (Lipinski definition) is 3. The second-order valence-electron chi connectivity index (χ2n) is 3.73. The third-order valence-corrected chi connectivity index (χ3v) is 2.49. The predicted octanol–water partition coefficient (Wildman–Crippen LogP) is 0.0487. The van der Waals surface area contributed by atoms with Crippen molar-refractivity contribution in [1.82, 2.24) is 15.2 Å². The zero-order chi connectivity index (χ0) is 12.7. The van der Waals surface area contributed by atoms with E-state index in [9.17, 15) is 4.79 Å². The van der Waals surface area contributed by atoms with Gasteiger partial charge in [-0.1, -0.05) is 6.92 Å². The van der Waals surface area contributed by atoms with Crippen molar-refractivity contribution in [3.63, 3.8) is 0 Å². The fourth-order valence-corrected chi connectivity index (χ4v) is 1.23. The van der Waals surface area contributed by atoms with Gasteiger partial charge in [0.25, 0.3) is 5.91 Å². The first-order valence-corrected chi connectivity index (χ1v) is 5.56. The number of pyridine rings is 1. The van der Waals surface area contributed by atoms with Crippen LogP contribution in [0.1, 0.15) is 17.3 Å². The number of likely N-dealkylation sites (N-methyl/N-ethyl adjacent to an activating group) is 1. The summed E-state index contributed by atoms with van der Waals surface area (Å²) in [7, 11) is 2.01. The highest BCUT2D eigenvalue weighted by Gasteiger charge is 2.05. The molecule has 6 heteroatoms. The Hall–Kier alpha value is -1.66. The van der Waals surface area contributed by atoms with E-state index in [1.807, 2.05) is 7.05 Å². The quantitative estimate of drug-likeness (QED) is 0.481. The van der Waals surface area contributed by atoms with Gasteiger partial charge in [-0.05, 0) is 25.7 Å². The van der Waals surface area contributed by atoms with E-state index < -0.39 is 0 Å². The largest absolute Gasteiger partial charge is 0.351 e. The Morgan fingerprint density at radius 2 is 2.29 bits per heavy atom. The lowest BCUT2D eigenvalue weighted by Crippen LogP contribution is -2.32. The van der Waals surface area contributed by atoms with Crippen molar-refractivity contribution in [2.45, 2.75) is 6.92 Å². The lowest BCUT2D eigenvalue weighted by Gasteiger charge is -2.13. The average Bonchev–Trinajstić information content (AvgIpc) is 2.38. The Morgan fingerprint density at radius 3 is 2.82 bits per heavy atom. The number of nitrogens with one attached hydrogen (secondary N) is 2. The molecule has 94 valence electrons. The first kappa shape index (κ1) is 13.4. The van der Waals surface area contributed by atoms with Gasteiger partial charge in [0.1, 0.15) is 5.82 Å². The van der Waals surface area contributed by atoms with Gasteiger partial charge < -0.3 is 15.6 Å². The summed E-state index contributed by atoms with van der Waals surface area (Å²) in [4.78, 5) is 17.8. The lowest BCUT2D eigenvalue weighted by atomic mass is 10.2. The maximum Gasteiger partial charge on any atom is 0.252 e. The van der Waals surface area contributed by atoms with E-state index in [2.05, 4.69) is 27.6 Å². The van der Waals surface area contributed by atoms with E-state index in [-0.39, 0.29) is 5.91 Å². The molecule has 0 aliphatic carbocycles. The third-order valence-electron chi connectivity index (χ3n) is 2.49. The van der Waals surface area contributed by atoms with E-state index >= 15 is 0 Å². The van der Waals surface area contributed by atoms with Crippen molar-refractivity contribution in [2.24, 2.45) is 5.84 Å². The lowest BCUT2D eigenvalue weighted by molar-refractivity contribution is 0.0950. The monoisotopic (exact) mass is 237 g/mol. The van der Waals surface area contributed by atoms with Crippen molar-refractivity contribution in [2.75, 3.05) is 32.1 Å². The minimum absolute atomic E-state index is 0.120. The van der Waals surface area contributed by atoms with Crippen LogP contribution in [0, 0.1) is 0 Å². The van der Waals surface area contributed by atoms with Crippen molar-refractivity contribution >= 4 is 11.7 Å². The van der Waals surface area contributed by atoms with Crippen LogP contribution in [-0.2, 0) is 0 Å². The Morgan fingerprint density at radius 1 is 1.53 bits per heavy atom. The molecule has 17 heavy (non-hydrogen) atoms. The molecule has 1 heterocycles. The number of carbonyl (C=O) groups is 1. The number of carbonyl (C=O) groups excluding carboxylic acids is 1. The van der Waals surface area contributed by atoms with Crippen molar-refractivity contribution in [1.29, 1.82) is 0 Å². The Bertz CT molecular complexity index is 351. The Labute approximate surface area is 101 Å². The van der Waals surface area contributed by atoms with Gasteiger partial charge in [-0.2, -0.15) is 0 Å². The van der Waals surface area contributed by atoms with Gasteiger partial charge in [-0.25, -0.2) is 10.8 Å². The molecule has 0 atom stereocenters.